The third-order valence-corrected chi connectivity index (χ3v) is 8.26. The Labute approximate surface area is 212 Å². The van der Waals surface area contributed by atoms with E-state index >= 15 is 0 Å². The molecular weight excluding hydrogens is 420 g/mol. The molecular formula is C35H40. The van der Waals surface area contributed by atoms with Gasteiger partial charge in [0, 0.05) is 11.8 Å². The van der Waals surface area contributed by atoms with Gasteiger partial charge in [-0.2, -0.15) is 0 Å². The van der Waals surface area contributed by atoms with Gasteiger partial charge in [-0.25, -0.2) is 0 Å². The molecule has 35 heavy (non-hydrogen) atoms. The standard InChI is InChI=1S/C35H40/c1-6-7-14-26-17-13-20-30-28-18-11-12-19-29(28)33(34(26)30)23-32(25-15-9-8-10-16-25)31-22-27(21-24(31)2)35(3,4)5/h8-13,15-20,22,32-33H,6-7,14,21,23H2,1-5H3. The van der Waals surface area contributed by atoms with Crippen molar-refractivity contribution in [2.24, 2.45) is 5.41 Å². The van der Waals surface area contributed by atoms with Crippen molar-refractivity contribution in [3.05, 3.63) is 118 Å². The fourth-order valence-electron chi connectivity index (χ4n) is 6.28. The second-order valence-corrected chi connectivity index (χ2v) is 11.7. The molecule has 0 saturated heterocycles. The minimum Gasteiger partial charge on any atom is -0.0654 e. The van der Waals surface area contributed by atoms with Gasteiger partial charge < -0.3 is 0 Å². The van der Waals surface area contributed by atoms with Crippen molar-refractivity contribution in [2.75, 3.05) is 0 Å². The Morgan fingerprint density at radius 3 is 2.29 bits per heavy atom. The normalized spacial score (nSPS) is 17.9. The molecule has 0 saturated carbocycles. The third-order valence-electron chi connectivity index (χ3n) is 8.26. The number of aryl methyl sites for hydroxylation is 1. The zero-order valence-electron chi connectivity index (χ0n) is 22.2. The van der Waals surface area contributed by atoms with E-state index in [1.54, 1.807) is 27.8 Å². The average molecular weight is 461 g/mol. The van der Waals surface area contributed by atoms with Gasteiger partial charge in [0.1, 0.15) is 0 Å². The fourth-order valence-corrected chi connectivity index (χ4v) is 6.28. The number of allylic oxidation sites excluding steroid dienone is 4. The maximum absolute atomic E-state index is 2.55. The summed E-state index contributed by atoms with van der Waals surface area (Å²) in [4.78, 5) is 0. The smallest absolute Gasteiger partial charge is 0.0113 e. The van der Waals surface area contributed by atoms with E-state index in [0.717, 1.165) is 12.8 Å². The topological polar surface area (TPSA) is 0 Å². The second-order valence-electron chi connectivity index (χ2n) is 11.7. The third kappa shape index (κ3) is 4.56. The first-order valence-electron chi connectivity index (χ1n) is 13.5. The van der Waals surface area contributed by atoms with Crippen LogP contribution < -0.4 is 0 Å². The molecule has 2 aliphatic carbocycles. The predicted octanol–water partition coefficient (Wildman–Crippen LogP) is 10.0. The Bertz CT molecular complexity index is 1260. The van der Waals surface area contributed by atoms with E-state index in [1.807, 2.05) is 0 Å². The van der Waals surface area contributed by atoms with Gasteiger partial charge in [-0.05, 0) is 77.0 Å². The lowest BCUT2D eigenvalue weighted by Gasteiger charge is -2.26. The van der Waals surface area contributed by atoms with Crippen LogP contribution >= 0.6 is 0 Å². The molecule has 3 aromatic rings. The van der Waals surface area contributed by atoms with Crippen molar-refractivity contribution in [3.63, 3.8) is 0 Å². The lowest BCUT2D eigenvalue weighted by Crippen LogP contribution is -2.10. The molecule has 2 aliphatic rings. The highest BCUT2D eigenvalue weighted by atomic mass is 14.4. The van der Waals surface area contributed by atoms with E-state index in [9.17, 15) is 0 Å². The van der Waals surface area contributed by atoms with E-state index in [-0.39, 0.29) is 5.41 Å². The van der Waals surface area contributed by atoms with Gasteiger partial charge in [0.15, 0.2) is 0 Å². The van der Waals surface area contributed by atoms with E-state index in [4.69, 9.17) is 0 Å². The molecule has 0 fully saturated rings. The molecule has 0 aliphatic heterocycles. The predicted molar refractivity (Wildman–Crippen MR) is 151 cm³/mol. The molecule has 0 spiro atoms. The van der Waals surface area contributed by atoms with E-state index in [1.165, 1.54) is 41.5 Å². The molecule has 0 N–H and O–H groups in total. The SMILES string of the molecule is CCCCc1cccc2c1C(CC(C1=C(C)CC(C(C)(C)C)=C1)c1ccccc1)c1ccccc1-2. The van der Waals surface area contributed by atoms with Crippen molar-refractivity contribution in [1.82, 2.24) is 0 Å². The first-order chi connectivity index (χ1) is 16.9. The Hall–Kier alpha value is -2.86. The molecule has 0 amide bonds. The molecule has 3 aromatic carbocycles. The van der Waals surface area contributed by atoms with Gasteiger partial charge in [0.05, 0.1) is 0 Å². The van der Waals surface area contributed by atoms with E-state index < -0.39 is 0 Å². The van der Waals surface area contributed by atoms with Crippen LogP contribution in [0.1, 0.15) is 94.4 Å². The van der Waals surface area contributed by atoms with Crippen LogP contribution in [0.4, 0.5) is 0 Å². The molecule has 0 heterocycles. The van der Waals surface area contributed by atoms with Crippen molar-refractivity contribution in [1.29, 1.82) is 0 Å². The molecule has 180 valence electrons. The summed E-state index contributed by atoms with van der Waals surface area (Å²) >= 11 is 0. The van der Waals surface area contributed by atoms with Gasteiger partial charge in [-0.15, -0.1) is 0 Å². The van der Waals surface area contributed by atoms with E-state index in [2.05, 4.69) is 113 Å². The Morgan fingerprint density at radius 1 is 0.857 bits per heavy atom. The summed E-state index contributed by atoms with van der Waals surface area (Å²) in [5, 5.41) is 0. The van der Waals surface area contributed by atoms with Crippen LogP contribution in [0.15, 0.2) is 95.6 Å². The summed E-state index contributed by atoms with van der Waals surface area (Å²) in [6.07, 6.45) is 8.46. The molecule has 0 nitrogen and oxygen atoms in total. The lowest BCUT2D eigenvalue weighted by atomic mass is 9.78. The van der Waals surface area contributed by atoms with Crippen molar-refractivity contribution in [3.8, 4) is 11.1 Å². The summed E-state index contributed by atoms with van der Waals surface area (Å²) < 4.78 is 0. The Balaban J connectivity index is 1.62. The second kappa shape index (κ2) is 9.65. The van der Waals surface area contributed by atoms with Crippen LogP contribution in [0.3, 0.4) is 0 Å². The van der Waals surface area contributed by atoms with Crippen LogP contribution in [-0.2, 0) is 6.42 Å². The molecule has 2 atom stereocenters. The first-order valence-corrected chi connectivity index (χ1v) is 13.5. The first kappa shape index (κ1) is 23.9. The minimum atomic E-state index is 0.212. The van der Waals surface area contributed by atoms with Gasteiger partial charge in [-0.1, -0.05) is 124 Å². The Kier molecular flexibility index (Phi) is 6.58. The zero-order chi connectivity index (χ0) is 24.6. The molecule has 0 radical (unpaired) electrons. The molecule has 0 heteroatoms. The van der Waals surface area contributed by atoms with Crippen molar-refractivity contribution in [2.45, 2.75) is 78.6 Å². The minimum absolute atomic E-state index is 0.212. The molecule has 5 rings (SSSR count). The monoisotopic (exact) mass is 460 g/mol. The van der Waals surface area contributed by atoms with Gasteiger partial charge in [0.2, 0.25) is 0 Å². The van der Waals surface area contributed by atoms with Crippen molar-refractivity contribution < 1.29 is 0 Å². The number of hydrogen-bond donors (Lipinski definition) is 0. The van der Waals surface area contributed by atoms with Crippen LogP contribution in [0, 0.1) is 5.41 Å². The largest absolute Gasteiger partial charge is 0.0654 e. The van der Waals surface area contributed by atoms with Gasteiger partial charge in [0.25, 0.3) is 0 Å². The van der Waals surface area contributed by atoms with Gasteiger partial charge in [-0.3, -0.25) is 0 Å². The van der Waals surface area contributed by atoms with Crippen LogP contribution in [-0.4, -0.2) is 0 Å². The molecule has 0 aromatic heterocycles. The summed E-state index contributed by atoms with van der Waals surface area (Å²) in [5.74, 6) is 0.839. The molecule has 0 bridgehead atoms. The molecule has 2 unspecified atom stereocenters. The lowest BCUT2D eigenvalue weighted by molar-refractivity contribution is 0.494. The quantitative estimate of drug-likeness (QED) is 0.329. The van der Waals surface area contributed by atoms with Crippen molar-refractivity contribution >= 4 is 0 Å². The number of unbranched alkanes of at least 4 members (excludes halogenated alkanes) is 1. The highest BCUT2D eigenvalue weighted by Gasteiger charge is 2.35. The number of benzene rings is 3. The average Bonchev–Trinajstić information content (AvgIpc) is 3.40. The fraction of sp³-hybridized carbons (Fsp3) is 0.371. The zero-order valence-corrected chi connectivity index (χ0v) is 22.2. The number of fused-ring (bicyclic) bond motifs is 3. The number of hydrogen-bond acceptors (Lipinski definition) is 0. The summed E-state index contributed by atoms with van der Waals surface area (Å²) in [6.45, 7) is 11.7. The van der Waals surface area contributed by atoms with Crippen LogP contribution in [0.25, 0.3) is 11.1 Å². The highest BCUT2D eigenvalue weighted by Crippen LogP contribution is 2.52. The van der Waals surface area contributed by atoms with Crippen LogP contribution in [0.2, 0.25) is 0 Å². The van der Waals surface area contributed by atoms with Gasteiger partial charge >= 0.3 is 0 Å². The highest BCUT2D eigenvalue weighted by molar-refractivity contribution is 5.80. The van der Waals surface area contributed by atoms with Crippen LogP contribution in [0.5, 0.6) is 0 Å². The van der Waals surface area contributed by atoms with E-state index in [0.29, 0.717) is 11.8 Å². The summed E-state index contributed by atoms with van der Waals surface area (Å²) in [7, 11) is 0. The summed E-state index contributed by atoms with van der Waals surface area (Å²) in [6, 6.07) is 27.5. The number of rotatable bonds is 7. The maximum Gasteiger partial charge on any atom is 0.0113 e. The maximum atomic E-state index is 2.55. The summed E-state index contributed by atoms with van der Waals surface area (Å²) in [5.41, 5.74) is 13.9. The Morgan fingerprint density at radius 2 is 1.57 bits per heavy atom.